The Morgan fingerprint density at radius 3 is 2.69 bits per heavy atom. The summed E-state index contributed by atoms with van der Waals surface area (Å²) in [7, 11) is 0. The Morgan fingerprint density at radius 1 is 1.23 bits per heavy atom. The van der Waals surface area contributed by atoms with Gasteiger partial charge in [-0.05, 0) is 32.1 Å². The van der Waals surface area contributed by atoms with Crippen molar-refractivity contribution in [3.8, 4) is 0 Å². The third kappa shape index (κ3) is 9.48. The topological polar surface area (TPSA) is 107 Å². The van der Waals surface area contributed by atoms with Crippen LogP contribution in [0, 0.1) is 0 Å². The molecule has 0 saturated carbocycles. The number of rotatable bonds is 13. The van der Waals surface area contributed by atoms with E-state index >= 15 is 0 Å². The summed E-state index contributed by atoms with van der Waals surface area (Å²) in [5.74, 6) is -0.882. The molecule has 0 aromatic heterocycles. The van der Waals surface area contributed by atoms with E-state index in [2.05, 4.69) is 13.0 Å². The second-order valence-corrected chi connectivity index (χ2v) is 6.95. The highest BCUT2D eigenvalue weighted by atomic mass is 16.5. The van der Waals surface area contributed by atoms with Gasteiger partial charge in [0.2, 0.25) is 0 Å². The van der Waals surface area contributed by atoms with E-state index in [1.54, 1.807) is 6.08 Å². The molecular formula is C20H34O6. The molecule has 0 aromatic carbocycles. The summed E-state index contributed by atoms with van der Waals surface area (Å²) in [5, 5.41) is 38.7. The smallest absolute Gasteiger partial charge is 0.303 e. The Bertz CT molecular complexity index is 448. The van der Waals surface area contributed by atoms with Gasteiger partial charge in [-0.3, -0.25) is 4.79 Å². The van der Waals surface area contributed by atoms with Gasteiger partial charge in [0, 0.05) is 12.8 Å². The van der Waals surface area contributed by atoms with Gasteiger partial charge in [-0.1, -0.05) is 44.1 Å². The van der Waals surface area contributed by atoms with Crippen LogP contribution in [0.2, 0.25) is 0 Å². The second kappa shape index (κ2) is 13.0. The lowest BCUT2D eigenvalue weighted by molar-refractivity contribution is -0.137. The van der Waals surface area contributed by atoms with E-state index in [0.717, 1.165) is 12.8 Å². The Hall–Kier alpha value is -1.21. The van der Waals surface area contributed by atoms with E-state index < -0.39 is 36.5 Å². The summed E-state index contributed by atoms with van der Waals surface area (Å²) in [6.45, 7) is 2.16. The monoisotopic (exact) mass is 370 g/mol. The highest BCUT2D eigenvalue weighted by Gasteiger charge is 2.35. The molecule has 26 heavy (non-hydrogen) atoms. The predicted octanol–water partition coefficient (Wildman–Crippen LogP) is 2.56. The fourth-order valence-corrected chi connectivity index (χ4v) is 2.96. The number of unbranched alkanes of at least 4 members (excludes halogenated alkanes) is 3. The molecule has 0 amide bonds. The van der Waals surface area contributed by atoms with E-state index in [1.165, 1.54) is 18.9 Å². The molecule has 1 aliphatic heterocycles. The number of aliphatic carboxylic acids is 1. The number of hydrogen-bond donors (Lipinski definition) is 4. The molecule has 0 spiro atoms. The van der Waals surface area contributed by atoms with Crippen LogP contribution in [0.5, 0.6) is 0 Å². The molecule has 150 valence electrons. The van der Waals surface area contributed by atoms with E-state index in [0.29, 0.717) is 25.7 Å². The Kier molecular flexibility index (Phi) is 11.4. The highest BCUT2D eigenvalue weighted by Crippen LogP contribution is 2.25. The molecule has 1 rings (SSSR count). The second-order valence-electron chi connectivity index (χ2n) is 6.95. The quantitative estimate of drug-likeness (QED) is 0.293. The maximum Gasteiger partial charge on any atom is 0.303 e. The van der Waals surface area contributed by atoms with Crippen LogP contribution in [-0.2, 0) is 9.53 Å². The lowest BCUT2D eigenvalue weighted by Crippen LogP contribution is -2.25. The first-order chi connectivity index (χ1) is 12.4. The standard InChI is InChI=1S/C20H34O6/c1-2-3-4-5-6-7-10-16(22)19-14-17(23)18(26-19)13-12-15(21)9-8-11-20(24)25/h6-7,12-13,15-19,21-23H,2-5,8-11,14H2,1H3,(H,24,25)/b7-6-,13-12+/t15-,16+,17+,18+,19+/m1/s1. The summed E-state index contributed by atoms with van der Waals surface area (Å²) >= 11 is 0. The molecule has 0 unspecified atom stereocenters. The molecule has 0 bridgehead atoms. The maximum absolute atomic E-state index is 10.5. The van der Waals surface area contributed by atoms with Crippen LogP contribution in [-0.4, -0.2) is 56.9 Å². The van der Waals surface area contributed by atoms with Gasteiger partial charge in [-0.25, -0.2) is 0 Å². The molecule has 0 radical (unpaired) electrons. The molecule has 4 N–H and O–H groups in total. The van der Waals surface area contributed by atoms with Crippen molar-refractivity contribution in [1.29, 1.82) is 0 Å². The zero-order valence-corrected chi connectivity index (χ0v) is 15.7. The van der Waals surface area contributed by atoms with Crippen LogP contribution in [0.25, 0.3) is 0 Å². The van der Waals surface area contributed by atoms with Gasteiger partial charge in [0.25, 0.3) is 0 Å². The van der Waals surface area contributed by atoms with Crippen molar-refractivity contribution in [3.63, 3.8) is 0 Å². The number of ether oxygens (including phenoxy) is 1. The normalized spacial score (nSPS) is 25.9. The van der Waals surface area contributed by atoms with E-state index in [4.69, 9.17) is 9.84 Å². The summed E-state index contributed by atoms with van der Waals surface area (Å²) in [6, 6.07) is 0. The largest absolute Gasteiger partial charge is 0.481 e. The lowest BCUT2D eigenvalue weighted by atomic mass is 10.0. The molecular weight excluding hydrogens is 336 g/mol. The van der Waals surface area contributed by atoms with Gasteiger partial charge in [-0.15, -0.1) is 0 Å². The van der Waals surface area contributed by atoms with Crippen molar-refractivity contribution in [2.45, 2.75) is 95.2 Å². The first kappa shape index (κ1) is 22.8. The van der Waals surface area contributed by atoms with Gasteiger partial charge in [0.1, 0.15) is 6.10 Å². The average Bonchev–Trinajstić information content (AvgIpc) is 2.96. The molecule has 6 heteroatoms. The molecule has 0 aliphatic carbocycles. The van der Waals surface area contributed by atoms with E-state index in [1.807, 2.05) is 6.08 Å². The molecule has 0 aromatic rings. The third-order valence-electron chi connectivity index (χ3n) is 4.55. The highest BCUT2D eigenvalue weighted by molar-refractivity contribution is 5.66. The van der Waals surface area contributed by atoms with Gasteiger partial charge >= 0.3 is 5.97 Å². The fraction of sp³-hybridized carbons (Fsp3) is 0.750. The van der Waals surface area contributed by atoms with Crippen molar-refractivity contribution in [2.75, 3.05) is 0 Å². The van der Waals surface area contributed by atoms with Crippen LogP contribution in [0.3, 0.4) is 0 Å². The summed E-state index contributed by atoms with van der Waals surface area (Å²) in [6.07, 6.45) is 10.2. The molecule has 1 aliphatic rings. The van der Waals surface area contributed by atoms with Crippen molar-refractivity contribution < 1.29 is 30.0 Å². The first-order valence-corrected chi connectivity index (χ1v) is 9.68. The van der Waals surface area contributed by atoms with Gasteiger partial charge in [0.05, 0.1) is 24.4 Å². The molecule has 1 heterocycles. The molecule has 1 saturated heterocycles. The predicted molar refractivity (Wildman–Crippen MR) is 99.8 cm³/mol. The number of hydrogen-bond acceptors (Lipinski definition) is 5. The third-order valence-corrected chi connectivity index (χ3v) is 4.55. The molecule has 5 atom stereocenters. The number of aliphatic hydroxyl groups excluding tert-OH is 3. The Labute approximate surface area is 156 Å². The maximum atomic E-state index is 10.5. The molecule has 1 fully saturated rings. The minimum atomic E-state index is -0.882. The zero-order valence-electron chi connectivity index (χ0n) is 15.7. The number of carboxylic acid groups (broad SMARTS) is 1. The van der Waals surface area contributed by atoms with Crippen molar-refractivity contribution in [2.24, 2.45) is 0 Å². The summed E-state index contributed by atoms with van der Waals surface area (Å²) in [5.41, 5.74) is 0. The number of carbonyl (C=O) groups is 1. The van der Waals surface area contributed by atoms with Crippen molar-refractivity contribution in [3.05, 3.63) is 24.3 Å². The summed E-state index contributed by atoms with van der Waals surface area (Å²) < 4.78 is 5.70. The van der Waals surface area contributed by atoms with Gasteiger partial charge in [-0.2, -0.15) is 0 Å². The fourth-order valence-electron chi connectivity index (χ4n) is 2.96. The lowest BCUT2D eigenvalue weighted by Gasteiger charge is -2.16. The van der Waals surface area contributed by atoms with Crippen LogP contribution in [0.15, 0.2) is 24.3 Å². The van der Waals surface area contributed by atoms with Crippen LogP contribution >= 0.6 is 0 Å². The average molecular weight is 370 g/mol. The zero-order chi connectivity index (χ0) is 19.4. The van der Waals surface area contributed by atoms with Gasteiger partial charge in [0.15, 0.2) is 0 Å². The van der Waals surface area contributed by atoms with Crippen LogP contribution in [0.1, 0.15) is 64.7 Å². The Balaban J connectivity index is 2.32. The minimum Gasteiger partial charge on any atom is -0.481 e. The van der Waals surface area contributed by atoms with Crippen molar-refractivity contribution in [1.82, 2.24) is 0 Å². The van der Waals surface area contributed by atoms with Gasteiger partial charge < -0.3 is 25.2 Å². The number of allylic oxidation sites excluding steroid dienone is 1. The van der Waals surface area contributed by atoms with Crippen molar-refractivity contribution >= 4 is 5.97 Å². The first-order valence-electron chi connectivity index (χ1n) is 9.68. The van der Waals surface area contributed by atoms with E-state index in [9.17, 15) is 20.1 Å². The molecule has 6 nitrogen and oxygen atoms in total. The number of carboxylic acids is 1. The van der Waals surface area contributed by atoms with Crippen LogP contribution in [0.4, 0.5) is 0 Å². The summed E-state index contributed by atoms with van der Waals surface area (Å²) in [4.78, 5) is 10.5. The van der Waals surface area contributed by atoms with E-state index in [-0.39, 0.29) is 6.42 Å². The number of aliphatic hydroxyl groups is 3. The minimum absolute atomic E-state index is 0.0215. The van der Waals surface area contributed by atoms with Crippen LogP contribution < -0.4 is 0 Å². The Morgan fingerprint density at radius 2 is 2.00 bits per heavy atom. The SMILES string of the molecule is CCCCC/C=C\C[C@H](O)[C@@H]1C[C@H](O)[C@H](/C=C/[C@H](O)CCCC(=O)O)O1.